The molecule has 18 rings (SSSR count). The number of thiazole rings is 3. The Morgan fingerprint density at radius 3 is 0.943 bits per heavy atom. The zero-order valence-electron chi connectivity index (χ0n) is 85.9. The van der Waals surface area contributed by atoms with E-state index in [1.807, 2.05) is 73.2 Å². The second kappa shape index (κ2) is 43.0. The maximum absolute atomic E-state index is 10.8. The van der Waals surface area contributed by atoms with Crippen LogP contribution in [0.4, 0.5) is 0 Å². The second-order valence-electron chi connectivity index (χ2n) is 44.3. The zero-order chi connectivity index (χ0) is 98.7. The number of benzene rings is 12. The van der Waals surface area contributed by atoms with Crippen molar-refractivity contribution < 1.29 is 78.5 Å². The summed E-state index contributed by atoms with van der Waals surface area (Å²) in [6.07, 6.45) is 5.75. The molecule has 9 nitrogen and oxygen atoms in total. The molecule has 6 heterocycles. The number of para-hydroxylation sites is 4. The summed E-state index contributed by atoms with van der Waals surface area (Å²) in [4.78, 5) is 29.9. The first-order valence-corrected chi connectivity index (χ1v) is 50.8. The molecule has 0 radical (unpaired) electrons. The molecule has 0 aliphatic rings. The van der Waals surface area contributed by atoms with E-state index in [4.69, 9.17) is 29.9 Å². The van der Waals surface area contributed by atoms with Crippen molar-refractivity contribution in [3.8, 4) is 149 Å². The van der Waals surface area contributed by atoms with Crippen molar-refractivity contribution in [1.29, 1.82) is 0 Å². The van der Waals surface area contributed by atoms with Crippen LogP contribution >= 0.6 is 34.0 Å². The maximum Gasteiger partial charge on any atom is 0.127 e. The molecular formula is C126H129N6O3Pt3S3-3. The van der Waals surface area contributed by atoms with Gasteiger partial charge in [0.1, 0.15) is 32.3 Å². The first-order chi connectivity index (χ1) is 65.2. The number of phenolic OH excluding ortho intramolecular Hbond substituents is 3. The van der Waals surface area contributed by atoms with Gasteiger partial charge in [-0.25, -0.2) is 15.0 Å². The van der Waals surface area contributed by atoms with Gasteiger partial charge in [0.25, 0.3) is 0 Å². The molecular weight excluding hydrogens is 2330 g/mol. The van der Waals surface area contributed by atoms with Crippen molar-refractivity contribution in [1.82, 2.24) is 29.9 Å². The first-order valence-electron chi connectivity index (χ1n) is 48.4. The monoisotopic (exact) mass is 2450 g/mol. The maximum atomic E-state index is 10.8. The van der Waals surface area contributed by atoms with Gasteiger partial charge < -0.3 is 15.3 Å². The molecule has 6 aromatic heterocycles. The minimum absolute atomic E-state index is 0. The Morgan fingerprint density at radius 2 is 0.560 bits per heavy atom. The van der Waals surface area contributed by atoms with Crippen molar-refractivity contribution >= 4 is 64.7 Å². The Labute approximate surface area is 891 Å². The van der Waals surface area contributed by atoms with E-state index in [9.17, 15) is 15.3 Å². The second-order valence-corrected chi connectivity index (χ2v) is 47.4. The fraction of sp³-hybridized carbons (Fsp3) is 0.286. The van der Waals surface area contributed by atoms with E-state index in [0.717, 1.165) is 146 Å². The van der Waals surface area contributed by atoms with E-state index in [1.165, 1.54) is 72.3 Å². The van der Waals surface area contributed by atoms with Gasteiger partial charge in [0.05, 0.1) is 33.2 Å². The predicted molar refractivity (Wildman–Crippen MR) is 588 cm³/mol. The quantitative estimate of drug-likeness (QED) is 0.0807. The summed E-state index contributed by atoms with van der Waals surface area (Å²) in [5, 5.41) is 34.2. The molecule has 0 atom stereocenters. The van der Waals surface area contributed by atoms with E-state index in [1.54, 1.807) is 52.2 Å². The van der Waals surface area contributed by atoms with Crippen LogP contribution in [0.25, 0.3) is 163 Å². The molecule has 0 aliphatic carbocycles. The van der Waals surface area contributed by atoms with Gasteiger partial charge in [-0.3, -0.25) is 15.0 Å². The van der Waals surface area contributed by atoms with Gasteiger partial charge in [0.15, 0.2) is 0 Å². The third kappa shape index (κ3) is 24.2. The minimum atomic E-state index is -0.176. The molecule has 0 saturated carbocycles. The van der Waals surface area contributed by atoms with E-state index in [0.29, 0.717) is 23.7 Å². The molecule has 18 aromatic rings. The summed E-state index contributed by atoms with van der Waals surface area (Å²) in [7, 11) is 0. The minimum Gasteiger partial charge on any atom is -0.507 e. The van der Waals surface area contributed by atoms with Crippen molar-refractivity contribution in [2.45, 2.75) is 236 Å². The number of aromatic hydroxyl groups is 3. The molecule has 0 bridgehead atoms. The van der Waals surface area contributed by atoms with E-state index in [-0.39, 0.29) is 113 Å². The van der Waals surface area contributed by atoms with Gasteiger partial charge in [-0.15, -0.1) is 122 Å². The van der Waals surface area contributed by atoms with E-state index >= 15 is 0 Å². The van der Waals surface area contributed by atoms with Crippen LogP contribution in [0.3, 0.4) is 0 Å². The van der Waals surface area contributed by atoms with Crippen molar-refractivity contribution in [2.75, 3.05) is 0 Å². The Bertz CT molecular complexity index is 7520. The van der Waals surface area contributed by atoms with E-state index < -0.39 is 0 Å². The molecule has 141 heavy (non-hydrogen) atoms. The summed E-state index contributed by atoms with van der Waals surface area (Å²) in [5.41, 5.74) is 36.4. The fourth-order valence-electron chi connectivity index (χ4n) is 17.4. The van der Waals surface area contributed by atoms with E-state index in [2.05, 4.69) is 374 Å². The average Bonchev–Trinajstić information content (AvgIpc) is 0.940. The Balaban J connectivity index is 0.000000177. The number of hydrogen-bond acceptors (Lipinski definition) is 12. The van der Waals surface area contributed by atoms with Crippen LogP contribution < -0.4 is 0 Å². The predicted octanol–water partition coefficient (Wildman–Crippen LogP) is 35.9. The molecule has 0 fully saturated rings. The summed E-state index contributed by atoms with van der Waals surface area (Å²) in [6.45, 7) is 58.9. The summed E-state index contributed by atoms with van der Waals surface area (Å²) >= 11 is 4.83. The number of aromatic nitrogens is 6. The van der Waals surface area contributed by atoms with Crippen LogP contribution in [-0.4, -0.2) is 45.2 Å². The van der Waals surface area contributed by atoms with Gasteiger partial charge >= 0.3 is 0 Å². The molecule has 3 N–H and O–H groups in total. The number of hydrogen-bond donors (Lipinski definition) is 3. The molecule has 12 aromatic carbocycles. The summed E-state index contributed by atoms with van der Waals surface area (Å²) in [5.74, 6) is 2.51. The number of nitrogens with zero attached hydrogens (tertiary/aromatic N) is 6. The normalized spacial score (nSPS) is 12.1. The third-order valence-electron chi connectivity index (χ3n) is 26.1. The van der Waals surface area contributed by atoms with Crippen molar-refractivity contribution in [2.24, 2.45) is 0 Å². The number of pyridine rings is 3. The Morgan fingerprint density at radius 1 is 0.248 bits per heavy atom. The van der Waals surface area contributed by atoms with Gasteiger partial charge in [-0.1, -0.05) is 347 Å². The summed E-state index contributed by atoms with van der Waals surface area (Å²) < 4.78 is 3.26. The van der Waals surface area contributed by atoms with Crippen LogP contribution in [0.5, 0.6) is 17.2 Å². The van der Waals surface area contributed by atoms with Crippen molar-refractivity contribution in [3.63, 3.8) is 0 Å². The first kappa shape index (κ1) is 108. The standard InChI is InChI=1S/C48H55N2OS.C42H43N2OS.C36H31N2OS.3Pt/c1-28(2)31-20-32(29(3)4)22-33(21-31)30-18-19-49-41(23-30)38-26-36(39(47(8,9)10)27-40(38)48(11,12)13)37-24-34(46(5,6)7)25-43-44(37)50-45(52-43)35-16-14-15-17-42(35)51;1-40(2,3)30-20-29(21-31(23-30)41(4,5)6)26-17-18-43-35(22-26)28-14-12-13-27(19-28)34-24-32(42(7,8)9)25-37-38(34)44-39(46-37)33-15-10-11-16-36(33)45;1-22(2)27-18-28(23(3)4)20-29(19-27)24-15-16-37-32(21-24)26-10-7-9-25(17-26)30-12-8-14-34-35(30)38-36(40-34)31-11-5-6-13-33(31)39;;;/h14-25,27-29,51H,1-13H3;10-18,20-25,45H,1-9H3;5-16,18-23,39H,1-4H3;;;/q3*-1;;;. The topological polar surface area (TPSA) is 138 Å². The smallest absolute Gasteiger partial charge is 0.127 e. The van der Waals surface area contributed by atoms with Crippen LogP contribution in [-0.2, 0) is 95.7 Å². The Kier molecular flexibility index (Phi) is 32.8. The van der Waals surface area contributed by atoms with Gasteiger partial charge in [-0.05, 0) is 207 Å². The van der Waals surface area contributed by atoms with Crippen LogP contribution in [0.2, 0.25) is 0 Å². The molecule has 0 saturated heterocycles. The zero-order valence-corrected chi connectivity index (χ0v) is 95.2. The molecule has 0 amide bonds. The number of fused-ring (bicyclic) bond motifs is 3. The number of rotatable bonds is 16. The fourth-order valence-corrected chi connectivity index (χ4v) is 20.6. The largest absolute Gasteiger partial charge is 0.507 e. The third-order valence-corrected chi connectivity index (χ3v) is 29.2. The van der Waals surface area contributed by atoms with Crippen LogP contribution in [0, 0.1) is 18.2 Å². The SMILES string of the molecule is CC(C)(C)c1cc(-c2ccnc(-c3[c-]c(-c4cc(C(C)(C)C)cc5sc(-c6ccccc6O)nc45)ccc3)c2)cc(C(C)(C)C)c1.CC(C)c1cc(-c2ccnc(-c3[c-]c(-c4cc(C(C)(C)C)cc5sc(-c6ccccc6O)nc45)c(C(C)(C)C)cc3C(C)(C)C)c2)cc(C(C)C)c1.CC(C)c1cc(-c2ccnc(-c3[c-]c(-c4cccc5sc(-c6ccccc6O)nc45)ccc3)c2)cc(C(C)C)c1.[Pt].[Pt].[Pt]. The van der Waals surface area contributed by atoms with Crippen molar-refractivity contribution in [3.05, 3.63) is 341 Å². The van der Waals surface area contributed by atoms with Gasteiger partial charge in [0, 0.05) is 113 Å². The molecule has 732 valence electrons. The molecule has 15 heteroatoms. The van der Waals surface area contributed by atoms with Crippen LogP contribution in [0.15, 0.2) is 267 Å². The van der Waals surface area contributed by atoms with Gasteiger partial charge in [0.2, 0.25) is 0 Å². The molecule has 0 spiro atoms. The average molecular weight is 2460 g/mol. The summed E-state index contributed by atoms with van der Waals surface area (Å²) in [6, 6.07) is 97.8. The molecule has 0 aliphatic heterocycles. The number of phenols is 3. The van der Waals surface area contributed by atoms with Crippen LogP contribution in [0.1, 0.15) is 259 Å². The molecule has 0 unspecified atom stereocenters. The van der Waals surface area contributed by atoms with Gasteiger partial charge in [-0.2, -0.15) is 0 Å². The Hall–Kier alpha value is -10.8.